The highest BCUT2D eigenvalue weighted by atomic mass is 16.5. The van der Waals surface area contributed by atoms with Crippen LogP contribution in [0.3, 0.4) is 0 Å². The van der Waals surface area contributed by atoms with Gasteiger partial charge in [-0.3, -0.25) is 14.4 Å². The number of rotatable bonds is 9. The SMILES string of the molecule is C[C@H](NC(=O)COc1ccc(/C=N\NC(=O)C(=O)NCc2ccco2)cc1)c1ccccc1. The van der Waals surface area contributed by atoms with Crippen LogP contribution in [0.5, 0.6) is 5.75 Å². The van der Waals surface area contributed by atoms with E-state index in [2.05, 4.69) is 21.2 Å². The second kappa shape index (κ2) is 11.8. The zero-order chi connectivity index (χ0) is 23.5. The fraction of sp³-hybridized carbons (Fsp3) is 0.167. The average Bonchev–Trinajstić information content (AvgIpc) is 3.36. The van der Waals surface area contributed by atoms with Crippen LogP contribution in [-0.4, -0.2) is 30.5 Å². The van der Waals surface area contributed by atoms with Crippen molar-refractivity contribution in [2.24, 2.45) is 5.10 Å². The Labute approximate surface area is 190 Å². The lowest BCUT2D eigenvalue weighted by Gasteiger charge is -2.14. The Kier molecular flexibility index (Phi) is 8.35. The minimum Gasteiger partial charge on any atom is -0.484 e. The first-order valence-corrected chi connectivity index (χ1v) is 10.2. The summed E-state index contributed by atoms with van der Waals surface area (Å²) >= 11 is 0. The van der Waals surface area contributed by atoms with Gasteiger partial charge >= 0.3 is 11.8 Å². The maximum Gasteiger partial charge on any atom is 0.329 e. The molecule has 0 spiro atoms. The lowest BCUT2D eigenvalue weighted by Crippen LogP contribution is -2.37. The number of hydrogen-bond acceptors (Lipinski definition) is 6. The van der Waals surface area contributed by atoms with E-state index in [9.17, 15) is 14.4 Å². The zero-order valence-electron chi connectivity index (χ0n) is 18.0. The summed E-state index contributed by atoms with van der Waals surface area (Å²) in [7, 11) is 0. The summed E-state index contributed by atoms with van der Waals surface area (Å²) in [5.74, 6) is -0.910. The van der Waals surface area contributed by atoms with Crippen LogP contribution >= 0.6 is 0 Å². The fourth-order valence-corrected chi connectivity index (χ4v) is 2.78. The Balaban J connectivity index is 1.38. The van der Waals surface area contributed by atoms with Crippen LogP contribution in [0.4, 0.5) is 0 Å². The Morgan fingerprint density at radius 3 is 2.45 bits per heavy atom. The van der Waals surface area contributed by atoms with E-state index in [1.807, 2.05) is 37.3 Å². The maximum absolute atomic E-state index is 12.1. The van der Waals surface area contributed by atoms with Crippen molar-refractivity contribution < 1.29 is 23.5 Å². The van der Waals surface area contributed by atoms with Gasteiger partial charge in [-0.2, -0.15) is 5.10 Å². The zero-order valence-corrected chi connectivity index (χ0v) is 18.0. The molecule has 9 nitrogen and oxygen atoms in total. The third-order valence-corrected chi connectivity index (χ3v) is 4.52. The van der Waals surface area contributed by atoms with Gasteiger partial charge < -0.3 is 19.8 Å². The van der Waals surface area contributed by atoms with E-state index >= 15 is 0 Å². The quantitative estimate of drug-likeness (QED) is 0.263. The normalized spacial score (nSPS) is 11.5. The average molecular weight is 448 g/mol. The fourth-order valence-electron chi connectivity index (χ4n) is 2.78. The summed E-state index contributed by atoms with van der Waals surface area (Å²) < 4.78 is 10.6. The topological polar surface area (TPSA) is 122 Å². The van der Waals surface area contributed by atoms with Gasteiger partial charge in [0.05, 0.1) is 25.1 Å². The molecule has 170 valence electrons. The van der Waals surface area contributed by atoms with Crippen molar-refractivity contribution in [1.82, 2.24) is 16.1 Å². The molecule has 1 aromatic heterocycles. The third kappa shape index (κ3) is 7.66. The monoisotopic (exact) mass is 448 g/mol. The Morgan fingerprint density at radius 1 is 1.00 bits per heavy atom. The van der Waals surface area contributed by atoms with Crippen LogP contribution in [0, 0.1) is 0 Å². The number of carbonyl (C=O) groups excluding carboxylic acids is 3. The van der Waals surface area contributed by atoms with Crippen molar-refractivity contribution in [3.8, 4) is 5.75 Å². The van der Waals surface area contributed by atoms with E-state index in [-0.39, 0.29) is 25.1 Å². The highest BCUT2D eigenvalue weighted by Gasteiger charge is 2.12. The van der Waals surface area contributed by atoms with Crippen molar-refractivity contribution in [1.29, 1.82) is 0 Å². The molecule has 3 aromatic rings. The molecular weight excluding hydrogens is 424 g/mol. The number of nitrogens with one attached hydrogen (secondary N) is 3. The summed E-state index contributed by atoms with van der Waals surface area (Å²) in [6.45, 7) is 1.89. The van der Waals surface area contributed by atoms with E-state index in [1.54, 1.807) is 36.4 Å². The highest BCUT2D eigenvalue weighted by molar-refractivity contribution is 6.35. The molecule has 3 rings (SSSR count). The maximum atomic E-state index is 12.1. The minimum atomic E-state index is -0.895. The molecule has 0 aliphatic carbocycles. The van der Waals surface area contributed by atoms with Gasteiger partial charge in [0.25, 0.3) is 5.91 Å². The van der Waals surface area contributed by atoms with Crippen molar-refractivity contribution >= 4 is 23.9 Å². The summed E-state index contributed by atoms with van der Waals surface area (Å²) in [5.41, 5.74) is 3.83. The lowest BCUT2D eigenvalue weighted by atomic mass is 10.1. The highest BCUT2D eigenvalue weighted by Crippen LogP contribution is 2.13. The van der Waals surface area contributed by atoms with Gasteiger partial charge in [0.1, 0.15) is 11.5 Å². The molecule has 3 N–H and O–H groups in total. The van der Waals surface area contributed by atoms with Crippen molar-refractivity contribution in [3.05, 3.63) is 89.9 Å². The summed E-state index contributed by atoms with van der Waals surface area (Å²) in [6, 6.07) is 19.6. The van der Waals surface area contributed by atoms with Gasteiger partial charge in [0, 0.05) is 0 Å². The van der Waals surface area contributed by atoms with Gasteiger partial charge in [-0.15, -0.1) is 0 Å². The molecule has 1 heterocycles. The third-order valence-electron chi connectivity index (χ3n) is 4.52. The number of ether oxygens (including phenoxy) is 1. The van der Waals surface area contributed by atoms with Crippen LogP contribution in [0.15, 0.2) is 82.5 Å². The molecule has 0 bridgehead atoms. The van der Waals surface area contributed by atoms with Crippen LogP contribution in [0.1, 0.15) is 29.9 Å². The molecule has 2 aromatic carbocycles. The predicted octanol–water partition coefficient (Wildman–Crippen LogP) is 2.30. The number of hydrogen-bond donors (Lipinski definition) is 3. The first kappa shape index (κ1) is 23.3. The van der Waals surface area contributed by atoms with E-state index in [1.165, 1.54) is 12.5 Å². The number of benzene rings is 2. The first-order valence-electron chi connectivity index (χ1n) is 10.2. The molecule has 0 radical (unpaired) electrons. The Morgan fingerprint density at radius 2 is 1.76 bits per heavy atom. The molecule has 0 aliphatic rings. The van der Waals surface area contributed by atoms with Gasteiger partial charge in [-0.1, -0.05) is 30.3 Å². The van der Waals surface area contributed by atoms with Crippen molar-refractivity contribution in [3.63, 3.8) is 0 Å². The second-order valence-corrected chi connectivity index (χ2v) is 7.02. The molecule has 0 saturated heterocycles. The largest absolute Gasteiger partial charge is 0.484 e. The molecule has 0 saturated carbocycles. The summed E-state index contributed by atoms with van der Waals surface area (Å²) in [4.78, 5) is 35.6. The van der Waals surface area contributed by atoms with Gasteiger partial charge in [-0.05, 0) is 54.4 Å². The number of furan rings is 1. The van der Waals surface area contributed by atoms with Gasteiger partial charge in [0.2, 0.25) is 0 Å². The standard InChI is InChI=1S/C24H24N4O5/c1-17(19-6-3-2-4-7-19)27-22(29)16-33-20-11-9-18(10-12-20)14-26-28-24(31)23(30)25-15-21-8-5-13-32-21/h2-14,17H,15-16H2,1H3,(H,25,30)(H,27,29)(H,28,31)/b26-14-/t17-/m0/s1. The molecular formula is C24H24N4O5. The second-order valence-electron chi connectivity index (χ2n) is 7.02. The van der Waals surface area contributed by atoms with E-state index in [4.69, 9.17) is 9.15 Å². The van der Waals surface area contributed by atoms with E-state index in [0.717, 1.165) is 5.56 Å². The molecule has 1 atom stereocenters. The smallest absolute Gasteiger partial charge is 0.329 e. The number of carbonyl (C=O) groups is 3. The molecule has 0 aliphatic heterocycles. The van der Waals surface area contributed by atoms with Crippen molar-refractivity contribution in [2.45, 2.75) is 19.5 Å². The van der Waals surface area contributed by atoms with Gasteiger partial charge in [-0.25, -0.2) is 5.43 Å². The van der Waals surface area contributed by atoms with Crippen LogP contribution in [0.25, 0.3) is 0 Å². The number of hydrazone groups is 1. The molecule has 9 heteroatoms. The Hall–Kier alpha value is -4.40. The lowest BCUT2D eigenvalue weighted by molar-refractivity contribution is -0.139. The molecule has 33 heavy (non-hydrogen) atoms. The Bertz CT molecular complexity index is 1080. The van der Waals surface area contributed by atoms with E-state index in [0.29, 0.717) is 17.1 Å². The summed E-state index contributed by atoms with van der Waals surface area (Å²) in [6.07, 6.45) is 2.86. The number of amides is 3. The first-order chi connectivity index (χ1) is 16.0. The number of nitrogens with zero attached hydrogens (tertiary/aromatic N) is 1. The summed E-state index contributed by atoms with van der Waals surface area (Å²) in [5, 5.41) is 9.06. The van der Waals surface area contributed by atoms with Crippen LogP contribution < -0.4 is 20.8 Å². The molecule has 3 amide bonds. The van der Waals surface area contributed by atoms with E-state index < -0.39 is 11.8 Å². The molecule has 0 unspecified atom stereocenters. The predicted molar refractivity (Wildman–Crippen MR) is 121 cm³/mol. The molecule has 0 fully saturated rings. The van der Waals surface area contributed by atoms with Crippen LogP contribution in [-0.2, 0) is 20.9 Å². The van der Waals surface area contributed by atoms with Crippen LogP contribution in [0.2, 0.25) is 0 Å². The van der Waals surface area contributed by atoms with Crippen molar-refractivity contribution in [2.75, 3.05) is 6.61 Å². The minimum absolute atomic E-state index is 0.105. The van der Waals surface area contributed by atoms with Gasteiger partial charge in [0.15, 0.2) is 6.61 Å².